The topological polar surface area (TPSA) is 49.0 Å². The molecule has 0 aromatic carbocycles. The molecule has 2 heterocycles. The van der Waals surface area contributed by atoms with Crippen molar-refractivity contribution in [2.75, 3.05) is 6.54 Å². The standard InChI is InChI=1S/C20H24ClFN2O/c1-12-7-8-18(25-12)20(2,3)9-17-14(10-23)15(11-24-17)13-5-4-6-16(21)19(13)22/h4-5,7-8,14-17,24H,6,9,11H2,1-3H3. The van der Waals surface area contributed by atoms with Crippen molar-refractivity contribution in [1.29, 1.82) is 5.26 Å². The number of alkyl halides is 1. The number of hydrogen-bond acceptors (Lipinski definition) is 3. The van der Waals surface area contributed by atoms with Gasteiger partial charge in [0.15, 0.2) is 0 Å². The van der Waals surface area contributed by atoms with E-state index in [1.807, 2.05) is 25.1 Å². The molecular formula is C20H24ClFN2O. The maximum absolute atomic E-state index is 14.5. The number of nitrogens with zero attached hydrogens (tertiary/aromatic N) is 1. The summed E-state index contributed by atoms with van der Waals surface area (Å²) in [5, 5.41) is 12.6. The molecule has 25 heavy (non-hydrogen) atoms. The summed E-state index contributed by atoms with van der Waals surface area (Å²) in [6.45, 7) is 6.75. The van der Waals surface area contributed by atoms with Gasteiger partial charge in [-0.2, -0.15) is 5.26 Å². The molecule has 0 saturated carbocycles. The summed E-state index contributed by atoms with van der Waals surface area (Å²) < 4.78 is 20.3. The summed E-state index contributed by atoms with van der Waals surface area (Å²) in [6, 6.07) is 6.34. The third kappa shape index (κ3) is 3.54. The summed E-state index contributed by atoms with van der Waals surface area (Å²) in [5.41, 5.74) is 0.375. The van der Waals surface area contributed by atoms with Gasteiger partial charge in [-0.25, -0.2) is 4.39 Å². The fourth-order valence-electron chi connectivity index (χ4n) is 3.92. The first-order valence-corrected chi connectivity index (χ1v) is 9.17. The van der Waals surface area contributed by atoms with Gasteiger partial charge in [-0.15, -0.1) is 11.6 Å². The molecule has 4 unspecified atom stereocenters. The molecule has 1 saturated heterocycles. The van der Waals surface area contributed by atoms with Crippen molar-refractivity contribution < 1.29 is 8.81 Å². The highest BCUT2D eigenvalue weighted by Crippen LogP contribution is 2.40. The second-order valence-electron chi connectivity index (χ2n) is 7.68. The average molecular weight is 363 g/mol. The number of allylic oxidation sites excluding steroid dienone is 3. The molecule has 1 aliphatic carbocycles. The van der Waals surface area contributed by atoms with Gasteiger partial charge >= 0.3 is 0 Å². The first-order chi connectivity index (χ1) is 11.8. The minimum Gasteiger partial charge on any atom is -0.466 e. The molecule has 3 nitrogen and oxygen atoms in total. The van der Waals surface area contributed by atoms with Crippen molar-refractivity contribution in [2.24, 2.45) is 11.8 Å². The van der Waals surface area contributed by atoms with E-state index in [9.17, 15) is 9.65 Å². The predicted molar refractivity (Wildman–Crippen MR) is 97.0 cm³/mol. The molecule has 5 heteroatoms. The minimum atomic E-state index is -0.610. The zero-order valence-corrected chi connectivity index (χ0v) is 15.6. The number of hydrogen-bond donors (Lipinski definition) is 1. The number of halogens is 2. The Kier molecular flexibility index (Phi) is 5.09. The molecule has 4 atom stereocenters. The minimum absolute atomic E-state index is 0.0141. The Bertz CT molecular complexity index is 743. The number of nitrogens with one attached hydrogen (secondary N) is 1. The lowest BCUT2D eigenvalue weighted by Crippen LogP contribution is -2.34. The quantitative estimate of drug-likeness (QED) is 0.784. The molecule has 1 aromatic rings. The van der Waals surface area contributed by atoms with Gasteiger partial charge in [-0.05, 0) is 37.5 Å². The number of furan rings is 1. The van der Waals surface area contributed by atoms with Gasteiger partial charge in [-0.1, -0.05) is 26.0 Å². The highest BCUT2D eigenvalue weighted by atomic mass is 35.5. The molecule has 1 aromatic heterocycles. The smallest absolute Gasteiger partial charge is 0.122 e. The Morgan fingerprint density at radius 2 is 2.20 bits per heavy atom. The fraction of sp³-hybridized carbons (Fsp3) is 0.550. The van der Waals surface area contributed by atoms with E-state index in [1.54, 1.807) is 6.08 Å². The maximum atomic E-state index is 14.5. The van der Waals surface area contributed by atoms with E-state index in [0.29, 0.717) is 18.5 Å². The lowest BCUT2D eigenvalue weighted by molar-refractivity contribution is 0.306. The van der Waals surface area contributed by atoms with Crippen LogP contribution in [0.2, 0.25) is 0 Å². The van der Waals surface area contributed by atoms with Crippen LogP contribution in [-0.4, -0.2) is 18.0 Å². The Hall–Kier alpha value is -1.57. The van der Waals surface area contributed by atoms with E-state index in [4.69, 9.17) is 16.0 Å². The Morgan fingerprint density at radius 3 is 2.84 bits per heavy atom. The van der Waals surface area contributed by atoms with Crippen LogP contribution in [0, 0.1) is 30.1 Å². The van der Waals surface area contributed by atoms with E-state index in [1.165, 1.54) is 0 Å². The van der Waals surface area contributed by atoms with Gasteiger partial charge < -0.3 is 9.73 Å². The van der Waals surface area contributed by atoms with Gasteiger partial charge in [0.05, 0.1) is 17.4 Å². The summed E-state index contributed by atoms with van der Waals surface area (Å²) in [6.07, 6.45) is 4.95. The van der Waals surface area contributed by atoms with E-state index >= 15 is 0 Å². The summed E-state index contributed by atoms with van der Waals surface area (Å²) in [7, 11) is 0. The Morgan fingerprint density at radius 1 is 1.44 bits per heavy atom. The van der Waals surface area contributed by atoms with Crippen LogP contribution in [0.5, 0.6) is 0 Å². The molecule has 2 aliphatic rings. The summed E-state index contributed by atoms with van der Waals surface area (Å²) in [4.78, 5) is 0. The zero-order chi connectivity index (χ0) is 18.2. The molecule has 1 fully saturated rings. The number of aryl methyl sites for hydroxylation is 1. The second-order valence-corrected chi connectivity index (χ2v) is 8.21. The third-order valence-corrected chi connectivity index (χ3v) is 5.71. The highest BCUT2D eigenvalue weighted by Gasteiger charge is 2.42. The van der Waals surface area contributed by atoms with Crippen molar-refractivity contribution >= 4 is 11.6 Å². The fourth-order valence-corrected chi connectivity index (χ4v) is 4.15. The monoisotopic (exact) mass is 362 g/mol. The van der Waals surface area contributed by atoms with Crippen LogP contribution < -0.4 is 5.32 Å². The van der Waals surface area contributed by atoms with Crippen LogP contribution in [0.4, 0.5) is 4.39 Å². The van der Waals surface area contributed by atoms with Crippen LogP contribution in [0.15, 0.2) is 40.1 Å². The first kappa shape index (κ1) is 18.2. The number of nitriles is 1. The first-order valence-electron chi connectivity index (χ1n) is 8.73. The summed E-state index contributed by atoms with van der Waals surface area (Å²) in [5.74, 6) is 1.06. The van der Waals surface area contributed by atoms with Crippen LogP contribution in [-0.2, 0) is 5.41 Å². The third-order valence-electron chi connectivity index (χ3n) is 5.34. The maximum Gasteiger partial charge on any atom is 0.122 e. The van der Waals surface area contributed by atoms with E-state index in [0.717, 1.165) is 17.9 Å². The van der Waals surface area contributed by atoms with Crippen LogP contribution in [0.3, 0.4) is 0 Å². The average Bonchev–Trinajstić information content (AvgIpc) is 3.16. The van der Waals surface area contributed by atoms with Crippen molar-refractivity contribution in [3.05, 3.63) is 47.2 Å². The van der Waals surface area contributed by atoms with E-state index in [-0.39, 0.29) is 29.1 Å². The van der Waals surface area contributed by atoms with Crippen molar-refractivity contribution in [1.82, 2.24) is 5.32 Å². The SMILES string of the molecule is Cc1ccc(C(C)(C)CC2NCC(C3=C(F)C(Cl)CC=C3)C2C#N)o1. The highest BCUT2D eigenvalue weighted by molar-refractivity contribution is 6.22. The molecule has 0 radical (unpaired) electrons. The molecule has 134 valence electrons. The molecule has 1 aliphatic heterocycles. The van der Waals surface area contributed by atoms with Crippen molar-refractivity contribution in [3.8, 4) is 6.07 Å². The van der Waals surface area contributed by atoms with Crippen molar-refractivity contribution in [2.45, 2.75) is 50.4 Å². The molecule has 0 bridgehead atoms. The zero-order valence-electron chi connectivity index (χ0n) is 14.9. The molecule has 1 N–H and O–H groups in total. The lowest BCUT2D eigenvalue weighted by Gasteiger charge is -2.28. The van der Waals surface area contributed by atoms with Gasteiger partial charge in [0.2, 0.25) is 0 Å². The van der Waals surface area contributed by atoms with Gasteiger partial charge in [-0.3, -0.25) is 0 Å². The molecule has 0 amide bonds. The summed E-state index contributed by atoms with van der Waals surface area (Å²) >= 11 is 6.06. The Labute approximate surface area is 153 Å². The normalized spacial score (nSPS) is 29.9. The Balaban J connectivity index is 1.80. The van der Waals surface area contributed by atoms with Gasteiger partial charge in [0.1, 0.15) is 17.3 Å². The molecule has 3 rings (SSSR count). The van der Waals surface area contributed by atoms with Crippen LogP contribution in [0.1, 0.15) is 38.2 Å². The van der Waals surface area contributed by atoms with E-state index < -0.39 is 5.38 Å². The molecule has 0 spiro atoms. The predicted octanol–water partition coefficient (Wildman–Crippen LogP) is 4.77. The molecular weight excluding hydrogens is 339 g/mol. The van der Waals surface area contributed by atoms with Crippen LogP contribution >= 0.6 is 11.6 Å². The van der Waals surface area contributed by atoms with Gasteiger partial charge in [0.25, 0.3) is 0 Å². The van der Waals surface area contributed by atoms with Gasteiger partial charge in [0, 0.05) is 23.9 Å². The number of rotatable bonds is 4. The van der Waals surface area contributed by atoms with Crippen molar-refractivity contribution in [3.63, 3.8) is 0 Å². The lowest BCUT2D eigenvalue weighted by atomic mass is 9.76. The largest absolute Gasteiger partial charge is 0.466 e. The second kappa shape index (κ2) is 6.97. The van der Waals surface area contributed by atoms with Crippen LogP contribution in [0.25, 0.3) is 0 Å². The van der Waals surface area contributed by atoms with E-state index in [2.05, 4.69) is 25.2 Å².